The summed E-state index contributed by atoms with van der Waals surface area (Å²) >= 11 is 3.24. The molecule has 2 bridgehead atoms. The van der Waals surface area contributed by atoms with Gasteiger partial charge in [-0.3, -0.25) is 14.0 Å². The van der Waals surface area contributed by atoms with Crippen molar-refractivity contribution in [1.82, 2.24) is 33.1 Å². The summed E-state index contributed by atoms with van der Waals surface area (Å²) in [4.78, 5) is 75.7. The van der Waals surface area contributed by atoms with Crippen LogP contribution in [0.3, 0.4) is 0 Å². The van der Waals surface area contributed by atoms with E-state index >= 15 is 0 Å². The molecule has 0 aliphatic carbocycles. The number of benzene rings is 1. The van der Waals surface area contributed by atoms with Crippen LogP contribution in [0, 0.1) is 13.8 Å². The lowest BCUT2D eigenvalue weighted by molar-refractivity contribution is -0.159. The summed E-state index contributed by atoms with van der Waals surface area (Å²) in [7, 11) is 3.22. The molecule has 2 unspecified atom stereocenters. The molecule has 2 N–H and O–H groups in total. The molecule has 286 valence electrons. The molecule has 0 saturated carbocycles. The van der Waals surface area contributed by atoms with Gasteiger partial charge in [0.1, 0.15) is 11.6 Å². The number of hydrogen-bond donors (Lipinski definition) is 2. The molecule has 2 aliphatic heterocycles. The second kappa shape index (κ2) is 19.5. The van der Waals surface area contributed by atoms with Gasteiger partial charge in [-0.05, 0) is 57.9 Å². The zero-order valence-corrected chi connectivity index (χ0v) is 31.0. The average Bonchev–Trinajstić information content (AvgIpc) is 3.33. The van der Waals surface area contributed by atoms with Gasteiger partial charge in [0.25, 0.3) is 6.43 Å². The van der Waals surface area contributed by atoms with Crippen LogP contribution in [0.2, 0.25) is 0 Å². The highest BCUT2D eigenvalue weighted by Crippen LogP contribution is 2.37. The van der Waals surface area contributed by atoms with Crippen molar-refractivity contribution in [3.63, 3.8) is 0 Å². The summed E-state index contributed by atoms with van der Waals surface area (Å²) in [6.07, 6.45) is 2.92. The van der Waals surface area contributed by atoms with E-state index in [1.165, 1.54) is 19.8 Å². The Balaban J connectivity index is 0.000000301. The first kappa shape index (κ1) is 42.1. The Morgan fingerprint density at radius 1 is 0.846 bits per heavy atom. The number of fused-ring (bicyclic) bond motifs is 2. The van der Waals surface area contributed by atoms with Gasteiger partial charge in [0.2, 0.25) is 0 Å². The second-order valence-corrected chi connectivity index (χ2v) is 13.2. The van der Waals surface area contributed by atoms with Crippen molar-refractivity contribution < 1.29 is 33.3 Å². The Hall–Kier alpha value is -4.36. The molecule has 1 aromatic carbocycles. The van der Waals surface area contributed by atoms with E-state index in [1.807, 2.05) is 0 Å². The van der Waals surface area contributed by atoms with E-state index in [2.05, 4.69) is 30.8 Å². The molecule has 19 heteroatoms. The van der Waals surface area contributed by atoms with Crippen LogP contribution in [0.25, 0.3) is 0 Å². The molecule has 2 fully saturated rings. The molecule has 52 heavy (non-hydrogen) atoms. The molecule has 2 atom stereocenters. The first-order valence-electron chi connectivity index (χ1n) is 16.6. The Bertz CT molecular complexity index is 1920. The van der Waals surface area contributed by atoms with Crippen LogP contribution in [0.15, 0.2) is 43.4 Å². The zero-order chi connectivity index (χ0) is 38.7. The topological polar surface area (TPSA) is 201 Å². The fourth-order valence-electron chi connectivity index (χ4n) is 6.17. The van der Waals surface area contributed by atoms with Crippen molar-refractivity contribution in [2.45, 2.75) is 96.7 Å². The minimum absolute atomic E-state index is 0.0416. The van der Waals surface area contributed by atoms with Gasteiger partial charge in [-0.1, -0.05) is 40.2 Å². The van der Waals surface area contributed by atoms with Crippen LogP contribution in [0.1, 0.15) is 67.7 Å². The smallest absolute Gasteiger partial charge is 0.414 e. The predicted octanol–water partition coefficient (Wildman–Crippen LogP) is 1.98. The van der Waals surface area contributed by atoms with Gasteiger partial charge in [-0.25, -0.2) is 46.7 Å². The fourth-order valence-corrected chi connectivity index (χ4v) is 6.42. The third-order valence-corrected chi connectivity index (χ3v) is 9.65. The maximum absolute atomic E-state index is 13.2. The first-order valence-corrected chi connectivity index (χ1v) is 17.7. The summed E-state index contributed by atoms with van der Waals surface area (Å²) < 4.78 is 37.6. The molecule has 0 amide bonds. The number of piperidine rings is 1. The van der Waals surface area contributed by atoms with Gasteiger partial charge >= 0.3 is 34.7 Å². The summed E-state index contributed by atoms with van der Waals surface area (Å²) in [5.41, 5.74) is -1.00. The number of alkyl halides is 3. The van der Waals surface area contributed by atoms with Crippen molar-refractivity contribution in [3.8, 4) is 0 Å². The number of carbonyl (C=O) groups is 2. The van der Waals surface area contributed by atoms with Crippen LogP contribution in [-0.4, -0.2) is 85.4 Å². The van der Waals surface area contributed by atoms with E-state index < -0.39 is 29.7 Å². The summed E-state index contributed by atoms with van der Waals surface area (Å²) in [6, 6.07) is 7.33. The standard InChI is InChI=1S/C23H30F2N4O3.C8H12BrN3O2.C2H2O4/c1-15-26-22(30)29(23(31)27(15)2)11-5-10-28-17-8-9-18(28)13-19(12-17)32-14-16-6-3-4-7-20(16)21(24)25;1-6-10-7(13)12(5-3-4-9)8(14)11(6)2;3-1(4)2(5)6/h3-4,6-7,17-19,21H,5,8-14H2,1-2H3;3-5H2,1-2H3;(H,3,4)(H,5,6). The highest BCUT2D eigenvalue weighted by Gasteiger charge is 2.40. The van der Waals surface area contributed by atoms with E-state index in [1.54, 1.807) is 46.1 Å². The third kappa shape index (κ3) is 11.1. The first-order chi connectivity index (χ1) is 24.6. The fraction of sp³-hybridized carbons (Fsp3) is 0.576. The summed E-state index contributed by atoms with van der Waals surface area (Å²) in [5.74, 6) is -2.80. The van der Waals surface area contributed by atoms with Crippen LogP contribution in [-0.2, 0) is 48.1 Å². The molecular weight excluding hydrogens is 756 g/mol. The largest absolute Gasteiger partial charge is 0.473 e. The SMILES string of the molecule is Cc1nc(=O)n(CCCBr)c(=O)n1C.Cc1nc(=O)n(CCCN2C3CCC2CC(OCc2ccccc2C(F)F)C3)c(=O)n1C.O=C(O)C(=O)O. The van der Waals surface area contributed by atoms with E-state index in [0.717, 1.165) is 48.5 Å². The average molecular weight is 801 g/mol. The lowest BCUT2D eigenvalue weighted by atomic mass is 9.99. The van der Waals surface area contributed by atoms with Crippen LogP contribution in [0.5, 0.6) is 0 Å². The van der Waals surface area contributed by atoms with Crippen molar-refractivity contribution in [1.29, 1.82) is 0 Å². The van der Waals surface area contributed by atoms with Crippen LogP contribution in [0.4, 0.5) is 8.78 Å². The van der Waals surface area contributed by atoms with E-state index in [9.17, 15) is 28.0 Å². The number of aryl methyl sites for hydroxylation is 2. The minimum atomic E-state index is -2.50. The number of nitrogens with zero attached hydrogens (tertiary/aromatic N) is 7. The molecule has 0 radical (unpaired) electrons. The number of hydrogen-bond acceptors (Lipinski definition) is 10. The van der Waals surface area contributed by atoms with E-state index in [4.69, 9.17) is 24.5 Å². The van der Waals surface area contributed by atoms with Gasteiger partial charge in [-0.15, -0.1) is 0 Å². The number of rotatable bonds is 11. The van der Waals surface area contributed by atoms with Gasteiger partial charge in [0.15, 0.2) is 0 Å². The van der Waals surface area contributed by atoms with E-state index in [-0.39, 0.29) is 29.7 Å². The van der Waals surface area contributed by atoms with Crippen molar-refractivity contribution >= 4 is 27.9 Å². The Kier molecular flexibility index (Phi) is 15.7. The molecule has 0 spiro atoms. The molecule has 3 aromatic rings. The highest BCUT2D eigenvalue weighted by atomic mass is 79.9. The Morgan fingerprint density at radius 3 is 1.79 bits per heavy atom. The third-order valence-electron chi connectivity index (χ3n) is 9.09. The number of carboxylic acids is 2. The second-order valence-electron chi connectivity index (χ2n) is 12.4. The van der Waals surface area contributed by atoms with Crippen molar-refractivity contribution in [2.75, 3.05) is 11.9 Å². The minimum Gasteiger partial charge on any atom is -0.473 e. The normalized spacial score (nSPS) is 18.0. The van der Waals surface area contributed by atoms with Crippen LogP contribution >= 0.6 is 15.9 Å². The molecule has 2 aliphatic rings. The van der Waals surface area contributed by atoms with Gasteiger partial charge in [0, 0.05) is 56.7 Å². The lowest BCUT2D eigenvalue weighted by Gasteiger charge is -2.39. The number of ether oxygens (including phenoxy) is 1. The molecular formula is C33H44BrF2N7O9. The maximum atomic E-state index is 13.2. The number of aliphatic carboxylic acids is 2. The molecule has 16 nitrogen and oxygen atoms in total. The molecule has 2 aromatic heterocycles. The maximum Gasteiger partial charge on any atom is 0.414 e. The van der Waals surface area contributed by atoms with Crippen molar-refractivity contribution in [2.24, 2.45) is 14.1 Å². The Labute approximate surface area is 305 Å². The predicted molar refractivity (Wildman–Crippen MR) is 188 cm³/mol. The summed E-state index contributed by atoms with van der Waals surface area (Å²) in [5, 5.41) is 15.5. The molecule has 4 heterocycles. The van der Waals surface area contributed by atoms with Gasteiger partial charge < -0.3 is 14.9 Å². The highest BCUT2D eigenvalue weighted by molar-refractivity contribution is 9.09. The number of halogens is 3. The van der Waals surface area contributed by atoms with Gasteiger partial charge in [-0.2, -0.15) is 9.97 Å². The number of carboxylic acid groups (broad SMARTS) is 2. The van der Waals surface area contributed by atoms with E-state index in [0.29, 0.717) is 48.8 Å². The Morgan fingerprint density at radius 2 is 1.33 bits per heavy atom. The molecule has 2 saturated heterocycles. The van der Waals surface area contributed by atoms with Gasteiger partial charge in [0.05, 0.1) is 12.7 Å². The monoisotopic (exact) mass is 799 g/mol. The lowest BCUT2D eigenvalue weighted by Crippen LogP contribution is -2.46. The van der Waals surface area contributed by atoms with Crippen LogP contribution < -0.4 is 22.8 Å². The number of aromatic nitrogens is 6. The zero-order valence-electron chi connectivity index (χ0n) is 29.4. The molecule has 5 rings (SSSR count). The van der Waals surface area contributed by atoms with Crippen molar-refractivity contribution in [3.05, 3.63) is 89.0 Å². The quantitative estimate of drug-likeness (QED) is 0.212. The summed E-state index contributed by atoms with van der Waals surface area (Å²) in [6.45, 7) is 5.04.